The summed E-state index contributed by atoms with van der Waals surface area (Å²) in [5.41, 5.74) is 0.908. The summed E-state index contributed by atoms with van der Waals surface area (Å²) in [5, 5.41) is 15.3. The highest BCUT2D eigenvalue weighted by molar-refractivity contribution is 5.88. The van der Waals surface area contributed by atoms with Crippen LogP contribution in [0.3, 0.4) is 0 Å². The summed E-state index contributed by atoms with van der Waals surface area (Å²) in [5.74, 6) is -0.938. The van der Waals surface area contributed by atoms with Gasteiger partial charge >= 0.3 is 5.97 Å². The van der Waals surface area contributed by atoms with Crippen molar-refractivity contribution in [3.05, 3.63) is 17.5 Å². The number of aromatic amines is 1. The number of nitrogens with zero attached hydrogens (tertiary/aromatic N) is 2. The lowest BCUT2D eigenvalue weighted by molar-refractivity contribution is 0.0334. The monoisotopic (exact) mass is 211 g/mol. The van der Waals surface area contributed by atoms with E-state index in [4.69, 9.17) is 9.84 Å². The largest absolute Gasteiger partial charge is 0.478 e. The van der Waals surface area contributed by atoms with Gasteiger partial charge < -0.3 is 9.84 Å². The number of hydrogen-bond donors (Lipinski definition) is 2. The Morgan fingerprint density at radius 2 is 2.33 bits per heavy atom. The predicted molar refractivity (Wildman–Crippen MR) is 51.6 cm³/mol. The zero-order valence-electron chi connectivity index (χ0n) is 8.27. The second-order valence-corrected chi connectivity index (χ2v) is 3.46. The maximum absolute atomic E-state index is 10.8. The van der Waals surface area contributed by atoms with Crippen LogP contribution in [0, 0.1) is 0 Å². The van der Waals surface area contributed by atoms with Gasteiger partial charge in [0.15, 0.2) is 0 Å². The average Bonchev–Trinajstić information content (AvgIpc) is 2.67. The fourth-order valence-electron chi connectivity index (χ4n) is 1.60. The molecule has 0 aliphatic carbocycles. The lowest BCUT2D eigenvalue weighted by Gasteiger charge is -2.25. The molecule has 0 saturated carbocycles. The molecule has 2 N–H and O–H groups in total. The summed E-state index contributed by atoms with van der Waals surface area (Å²) < 4.78 is 5.21. The van der Waals surface area contributed by atoms with E-state index in [1.165, 1.54) is 6.20 Å². The molecule has 15 heavy (non-hydrogen) atoms. The van der Waals surface area contributed by atoms with Crippen molar-refractivity contribution in [1.82, 2.24) is 15.1 Å². The molecule has 0 spiro atoms. The molecule has 0 amide bonds. The van der Waals surface area contributed by atoms with Crippen LogP contribution in [0.15, 0.2) is 6.20 Å². The van der Waals surface area contributed by atoms with Gasteiger partial charge in [0.05, 0.1) is 25.1 Å². The van der Waals surface area contributed by atoms with Crippen LogP contribution < -0.4 is 0 Å². The van der Waals surface area contributed by atoms with Crippen LogP contribution in [0.5, 0.6) is 0 Å². The summed E-state index contributed by atoms with van der Waals surface area (Å²) in [6.07, 6.45) is 1.35. The Morgan fingerprint density at radius 3 is 3.00 bits per heavy atom. The lowest BCUT2D eigenvalue weighted by Crippen LogP contribution is -2.36. The van der Waals surface area contributed by atoms with E-state index in [2.05, 4.69) is 15.1 Å². The molecule has 0 unspecified atom stereocenters. The van der Waals surface area contributed by atoms with Gasteiger partial charge in [-0.05, 0) is 0 Å². The number of morpholine rings is 1. The standard InChI is InChI=1S/C9H13N3O3/c13-9(14)7-5-10-11-8(7)6-12-1-3-15-4-2-12/h5H,1-4,6H2,(H,10,11)(H,13,14). The molecular weight excluding hydrogens is 198 g/mol. The van der Waals surface area contributed by atoms with Crippen molar-refractivity contribution >= 4 is 5.97 Å². The van der Waals surface area contributed by atoms with Gasteiger partial charge in [0, 0.05) is 19.6 Å². The highest BCUT2D eigenvalue weighted by Crippen LogP contribution is 2.09. The quantitative estimate of drug-likeness (QED) is 0.732. The molecule has 0 bridgehead atoms. The molecule has 82 valence electrons. The predicted octanol–water partition coefficient (Wildman–Crippen LogP) is -0.0599. The Balaban J connectivity index is 2.03. The van der Waals surface area contributed by atoms with Crippen LogP contribution in [0.2, 0.25) is 0 Å². The van der Waals surface area contributed by atoms with Crippen molar-refractivity contribution in [3.63, 3.8) is 0 Å². The van der Waals surface area contributed by atoms with Crippen molar-refractivity contribution in [3.8, 4) is 0 Å². The lowest BCUT2D eigenvalue weighted by atomic mass is 10.2. The van der Waals surface area contributed by atoms with E-state index >= 15 is 0 Å². The van der Waals surface area contributed by atoms with E-state index in [0.717, 1.165) is 13.1 Å². The highest BCUT2D eigenvalue weighted by Gasteiger charge is 2.17. The van der Waals surface area contributed by atoms with Crippen molar-refractivity contribution in [2.24, 2.45) is 0 Å². The minimum atomic E-state index is -0.938. The number of carboxylic acid groups (broad SMARTS) is 1. The van der Waals surface area contributed by atoms with Gasteiger partial charge in [0.1, 0.15) is 5.56 Å². The fraction of sp³-hybridized carbons (Fsp3) is 0.556. The summed E-state index contributed by atoms with van der Waals surface area (Å²) in [7, 11) is 0. The second-order valence-electron chi connectivity index (χ2n) is 3.46. The minimum Gasteiger partial charge on any atom is -0.478 e. The van der Waals surface area contributed by atoms with Crippen LogP contribution in [-0.2, 0) is 11.3 Å². The number of aromatic carboxylic acids is 1. The van der Waals surface area contributed by atoms with E-state index in [9.17, 15) is 4.79 Å². The third-order valence-corrected chi connectivity index (χ3v) is 2.43. The van der Waals surface area contributed by atoms with Crippen molar-refractivity contribution in [2.75, 3.05) is 26.3 Å². The van der Waals surface area contributed by atoms with Gasteiger partial charge in [0.2, 0.25) is 0 Å². The number of carbonyl (C=O) groups is 1. The molecule has 2 heterocycles. The molecule has 0 radical (unpaired) electrons. The second kappa shape index (κ2) is 4.41. The van der Waals surface area contributed by atoms with E-state index < -0.39 is 5.97 Å². The third kappa shape index (κ3) is 2.34. The molecule has 1 aromatic rings. The number of ether oxygens (including phenoxy) is 1. The maximum Gasteiger partial charge on any atom is 0.339 e. The van der Waals surface area contributed by atoms with Crippen molar-refractivity contribution in [2.45, 2.75) is 6.54 Å². The number of hydrogen-bond acceptors (Lipinski definition) is 4. The number of nitrogens with one attached hydrogen (secondary N) is 1. The molecule has 6 heteroatoms. The number of aromatic nitrogens is 2. The molecule has 1 aliphatic heterocycles. The molecule has 0 atom stereocenters. The Bertz CT molecular complexity index is 344. The fourth-order valence-corrected chi connectivity index (χ4v) is 1.60. The van der Waals surface area contributed by atoms with Crippen LogP contribution in [0.1, 0.15) is 16.1 Å². The van der Waals surface area contributed by atoms with Crippen LogP contribution >= 0.6 is 0 Å². The first-order valence-electron chi connectivity index (χ1n) is 4.83. The summed E-state index contributed by atoms with van der Waals surface area (Å²) >= 11 is 0. The van der Waals surface area contributed by atoms with Crippen molar-refractivity contribution < 1.29 is 14.6 Å². The number of H-pyrrole nitrogens is 1. The van der Waals surface area contributed by atoms with Gasteiger partial charge in [-0.25, -0.2) is 4.79 Å². The third-order valence-electron chi connectivity index (χ3n) is 2.43. The van der Waals surface area contributed by atoms with E-state index in [-0.39, 0.29) is 5.56 Å². The SMILES string of the molecule is O=C(O)c1cn[nH]c1CN1CCOCC1. The summed E-state index contributed by atoms with van der Waals surface area (Å²) in [4.78, 5) is 13.0. The zero-order valence-corrected chi connectivity index (χ0v) is 8.27. The van der Waals surface area contributed by atoms with E-state index in [1.807, 2.05) is 0 Å². The van der Waals surface area contributed by atoms with Crippen LogP contribution in [0.25, 0.3) is 0 Å². The van der Waals surface area contributed by atoms with Gasteiger partial charge in [-0.1, -0.05) is 0 Å². The molecule has 1 saturated heterocycles. The number of carboxylic acids is 1. The summed E-state index contributed by atoms with van der Waals surface area (Å²) in [6, 6.07) is 0. The molecule has 0 aromatic carbocycles. The zero-order chi connectivity index (χ0) is 10.7. The first-order valence-corrected chi connectivity index (χ1v) is 4.83. The molecule has 1 aromatic heterocycles. The smallest absolute Gasteiger partial charge is 0.339 e. The molecule has 1 aliphatic rings. The average molecular weight is 211 g/mol. The maximum atomic E-state index is 10.8. The highest BCUT2D eigenvalue weighted by atomic mass is 16.5. The van der Waals surface area contributed by atoms with Gasteiger partial charge in [-0.15, -0.1) is 0 Å². The van der Waals surface area contributed by atoms with Gasteiger partial charge in [-0.2, -0.15) is 5.10 Å². The number of rotatable bonds is 3. The molecule has 2 rings (SSSR count). The molecule has 1 fully saturated rings. The Labute approximate surface area is 86.8 Å². The van der Waals surface area contributed by atoms with E-state index in [0.29, 0.717) is 25.5 Å². The van der Waals surface area contributed by atoms with Crippen LogP contribution in [0.4, 0.5) is 0 Å². The normalized spacial score (nSPS) is 17.9. The van der Waals surface area contributed by atoms with Crippen LogP contribution in [-0.4, -0.2) is 52.5 Å². The van der Waals surface area contributed by atoms with E-state index in [1.54, 1.807) is 0 Å². The summed E-state index contributed by atoms with van der Waals surface area (Å²) in [6.45, 7) is 3.66. The Morgan fingerprint density at radius 1 is 1.60 bits per heavy atom. The molecule has 6 nitrogen and oxygen atoms in total. The van der Waals surface area contributed by atoms with Gasteiger partial charge in [-0.3, -0.25) is 10.00 Å². The van der Waals surface area contributed by atoms with Gasteiger partial charge in [0.25, 0.3) is 0 Å². The van der Waals surface area contributed by atoms with Crippen molar-refractivity contribution in [1.29, 1.82) is 0 Å². The Kier molecular flexibility index (Phi) is 2.98. The Hall–Kier alpha value is -1.40. The topological polar surface area (TPSA) is 78.4 Å². The minimum absolute atomic E-state index is 0.251. The molecular formula is C9H13N3O3. The first-order chi connectivity index (χ1) is 7.27. The first kappa shape index (κ1) is 10.1.